The van der Waals surface area contributed by atoms with Crippen LogP contribution in [-0.4, -0.2) is 37.2 Å². The summed E-state index contributed by atoms with van der Waals surface area (Å²) in [5.74, 6) is 2.24. The van der Waals surface area contributed by atoms with Crippen LogP contribution in [0, 0.1) is 0 Å². The van der Waals surface area contributed by atoms with Crippen molar-refractivity contribution in [2.45, 2.75) is 65.3 Å². The predicted octanol–water partition coefficient (Wildman–Crippen LogP) is 8.49. The van der Waals surface area contributed by atoms with Crippen molar-refractivity contribution in [3.8, 4) is 11.6 Å². The average Bonchev–Trinajstić information content (AvgIpc) is 2.99. The van der Waals surface area contributed by atoms with Gasteiger partial charge in [0, 0.05) is 34.7 Å². The summed E-state index contributed by atoms with van der Waals surface area (Å²) in [7, 11) is 0. The molecule has 4 aromatic rings. The van der Waals surface area contributed by atoms with Crippen LogP contribution in [0.3, 0.4) is 0 Å². The van der Waals surface area contributed by atoms with E-state index >= 15 is 0 Å². The van der Waals surface area contributed by atoms with Gasteiger partial charge >= 0.3 is 0 Å². The largest absolute Gasteiger partial charge is 0.491 e. The van der Waals surface area contributed by atoms with Gasteiger partial charge in [-0.05, 0) is 92.4 Å². The number of halogens is 1. The van der Waals surface area contributed by atoms with Gasteiger partial charge in [-0.25, -0.2) is 0 Å². The van der Waals surface area contributed by atoms with Gasteiger partial charge < -0.3 is 24.3 Å². The van der Waals surface area contributed by atoms with Crippen molar-refractivity contribution >= 4 is 33.9 Å². The van der Waals surface area contributed by atoms with Crippen LogP contribution in [-0.2, 0) is 22.3 Å². The number of aromatic nitrogens is 1. The third-order valence-electron chi connectivity index (χ3n) is 7.11. The van der Waals surface area contributed by atoms with Gasteiger partial charge in [-0.2, -0.15) is 4.98 Å². The number of nitrogens with one attached hydrogen (secondary N) is 1. The summed E-state index contributed by atoms with van der Waals surface area (Å²) in [5.41, 5.74) is 4.32. The normalized spacial score (nSPS) is 15.3. The molecule has 2 heterocycles. The summed E-state index contributed by atoms with van der Waals surface area (Å²) in [4.78, 5) is 5.04. The number of fused-ring (bicyclic) bond motifs is 1. The molecule has 0 bridgehead atoms. The summed E-state index contributed by atoms with van der Waals surface area (Å²) < 4.78 is 23.9. The zero-order chi connectivity index (χ0) is 28.6. The molecule has 1 atom stereocenters. The predicted molar refractivity (Wildman–Crippen MR) is 166 cm³/mol. The minimum atomic E-state index is -0.147. The maximum absolute atomic E-state index is 6.25. The first-order chi connectivity index (χ1) is 20.0. The van der Waals surface area contributed by atoms with Crippen molar-refractivity contribution in [1.82, 2.24) is 4.98 Å². The molecule has 0 spiro atoms. The minimum absolute atomic E-state index is 0.112. The van der Waals surface area contributed by atoms with Crippen LogP contribution in [0.5, 0.6) is 11.6 Å². The summed E-state index contributed by atoms with van der Waals surface area (Å²) in [6.45, 7) is 7.80. The molecule has 6 nitrogen and oxygen atoms in total. The second-order valence-corrected chi connectivity index (χ2v) is 11.0. The van der Waals surface area contributed by atoms with E-state index in [1.165, 1.54) is 0 Å². The van der Waals surface area contributed by atoms with Gasteiger partial charge in [0.05, 0.1) is 12.7 Å². The Balaban J connectivity index is 1.47. The molecule has 0 amide bonds. The summed E-state index contributed by atoms with van der Waals surface area (Å²) >= 11 is 6.18. The maximum Gasteiger partial charge on any atom is 0.223 e. The van der Waals surface area contributed by atoms with E-state index in [1.807, 2.05) is 44.2 Å². The van der Waals surface area contributed by atoms with E-state index in [0.717, 1.165) is 82.0 Å². The first-order valence-corrected chi connectivity index (χ1v) is 15.0. The molecule has 216 valence electrons. The number of hydrogen-bond donors (Lipinski definition) is 1. The molecule has 5 rings (SSSR count). The fourth-order valence-corrected chi connectivity index (χ4v) is 5.21. The Kier molecular flexibility index (Phi) is 9.99. The first kappa shape index (κ1) is 29.2. The van der Waals surface area contributed by atoms with Crippen molar-refractivity contribution in [2.24, 2.45) is 0 Å². The zero-order valence-corrected chi connectivity index (χ0v) is 24.9. The highest BCUT2D eigenvalue weighted by molar-refractivity contribution is 6.30. The number of aryl methyl sites for hydroxylation is 1. The fraction of sp³-hybridized carbons (Fsp3) is 0.382. The molecule has 0 aliphatic carbocycles. The molecule has 1 unspecified atom stereocenters. The second kappa shape index (κ2) is 14.0. The number of hydrogen-bond acceptors (Lipinski definition) is 6. The molecular weight excluding hydrogens is 536 g/mol. The van der Waals surface area contributed by atoms with Crippen molar-refractivity contribution in [1.29, 1.82) is 0 Å². The number of rotatable bonds is 12. The molecule has 1 aliphatic heterocycles. The van der Waals surface area contributed by atoms with Crippen LogP contribution in [0.1, 0.15) is 56.7 Å². The second-order valence-electron chi connectivity index (χ2n) is 10.6. The quantitative estimate of drug-likeness (QED) is 0.171. The smallest absolute Gasteiger partial charge is 0.223 e. The van der Waals surface area contributed by atoms with Gasteiger partial charge in [0.15, 0.2) is 6.29 Å². The van der Waals surface area contributed by atoms with Crippen LogP contribution in [0.2, 0.25) is 5.02 Å². The third kappa shape index (κ3) is 7.70. The standard InChI is InChI=1S/C34H39ClN2O4/c1-4-25-22-27(16-17-31(25)41-23(2)3)36-33-30(21-24-12-14-26(35)15-13-24)28-9-5-6-10-29(28)34(37-33)40-20-19-39-32-11-7-8-18-38-32/h5-6,9-10,12-17,22-23,32H,4,7-8,11,18-21H2,1-3H3,(H,36,37). The molecule has 1 aromatic heterocycles. The maximum atomic E-state index is 6.25. The van der Waals surface area contributed by atoms with E-state index in [4.69, 9.17) is 35.5 Å². The molecule has 41 heavy (non-hydrogen) atoms. The topological polar surface area (TPSA) is 61.8 Å². The average molecular weight is 575 g/mol. The van der Waals surface area contributed by atoms with E-state index in [1.54, 1.807) is 0 Å². The minimum Gasteiger partial charge on any atom is -0.491 e. The van der Waals surface area contributed by atoms with E-state index in [-0.39, 0.29) is 12.4 Å². The summed E-state index contributed by atoms with van der Waals surface area (Å²) in [6.07, 6.45) is 4.66. The van der Waals surface area contributed by atoms with Crippen LogP contribution in [0.4, 0.5) is 11.5 Å². The lowest BCUT2D eigenvalue weighted by molar-refractivity contribution is -0.165. The Morgan fingerprint density at radius 2 is 1.80 bits per heavy atom. The monoisotopic (exact) mass is 574 g/mol. The van der Waals surface area contributed by atoms with E-state index < -0.39 is 0 Å². The van der Waals surface area contributed by atoms with Gasteiger partial charge in [-0.1, -0.05) is 48.9 Å². The molecule has 1 N–H and O–H groups in total. The van der Waals surface area contributed by atoms with E-state index in [0.29, 0.717) is 25.5 Å². The highest BCUT2D eigenvalue weighted by atomic mass is 35.5. The highest BCUT2D eigenvalue weighted by Gasteiger charge is 2.18. The van der Waals surface area contributed by atoms with Crippen LogP contribution >= 0.6 is 11.6 Å². The zero-order valence-electron chi connectivity index (χ0n) is 24.1. The Bertz CT molecular complexity index is 1440. The SMILES string of the molecule is CCc1cc(Nc2nc(OCCOC3CCCCO3)c3ccccc3c2Cc2ccc(Cl)cc2)ccc1OC(C)C. The lowest BCUT2D eigenvalue weighted by Crippen LogP contribution is -2.24. The Morgan fingerprint density at radius 1 is 1.00 bits per heavy atom. The van der Waals surface area contributed by atoms with Crippen molar-refractivity contribution in [2.75, 3.05) is 25.1 Å². The first-order valence-electron chi connectivity index (χ1n) is 14.6. The van der Waals surface area contributed by atoms with Crippen LogP contribution in [0.25, 0.3) is 10.8 Å². The molecule has 1 fully saturated rings. The third-order valence-corrected chi connectivity index (χ3v) is 7.36. The molecule has 3 aromatic carbocycles. The van der Waals surface area contributed by atoms with Gasteiger partial charge in [-0.15, -0.1) is 0 Å². The van der Waals surface area contributed by atoms with Gasteiger partial charge in [0.1, 0.15) is 18.2 Å². The van der Waals surface area contributed by atoms with E-state index in [2.05, 4.69) is 48.6 Å². The van der Waals surface area contributed by atoms with Gasteiger partial charge in [-0.3, -0.25) is 0 Å². The molecule has 1 saturated heterocycles. The molecule has 0 radical (unpaired) electrons. The lowest BCUT2D eigenvalue weighted by atomic mass is 9.99. The number of pyridine rings is 1. The molecule has 1 aliphatic rings. The fourth-order valence-electron chi connectivity index (χ4n) is 5.09. The molecule has 0 saturated carbocycles. The van der Waals surface area contributed by atoms with E-state index in [9.17, 15) is 0 Å². The molecular formula is C34H39ClN2O4. The lowest BCUT2D eigenvalue weighted by Gasteiger charge is -2.23. The number of ether oxygens (including phenoxy) is 4. The number of anilines is 2. The highest BCUT2D eigenvalue weighted by Crippen LogP contribution is 2.35. The molecule has 7 heteroatoms. The van der Waals surface area contributed by atoms with Crippen LogP contribution < -0.4 is 14.8 Å². The summed E-state index contributed by atoms with van der Waals surface area (Å²) in [6, 6.07) is 22.4. The summed E-state index contributed by atoms with van der Waals surface area (Å²) in [5, 5.41) is 6.38. The Hall–Kier alpha value is -3.32. The van der Waals surface area contributed by atoms with Gasteiger partial charge in [0.25, 0.3) is 0 Å². The van der Waals surface area contributed by atoms with Crippen molar-refractivity contribution in [3.63, 3.8) is 0 Å². The number of benzene rings is 3. The van der Waals surface area contributed by atoms with Gasteiger partial charge in [0.2, 0.25) is 5.88 Å². The number of nitrogens with zero attached hydrogens (tertiary/aromatic N) is 1. The Morgan fingerprint density at radius 3 is 2.54 bits per heavy atom. The van der Waals surface area contributed by atoms with Crippen molar-refractivity contribution < 1.29 is 18.9 Å². The van der Waals surface area contributed by atoms with Crippen molar-refractivity contribution in [3.05, 3.63) is 88.4 Å². The Labute approximate surface area is 247 Å². The van der Waals surface area contributed by atoms with Crippen LogP contribution in [0.15, 0.2) is 66.7 Å².